The Balaban J connectivity index is -0.000000557. The van der Waals surface area contributed by atoms with E-state index in [1.807, 2.05) is 12.1 Å². The van der Waals surface area contributed by atoms with Crippen LogP contribution in [0.2, 0.25) is 0 Å². The van der Waals surface area contributed by atoms with Crippen molar-refractivity contribution in [1.29, 1.82) is 0 Å². The van der Waals surface area contributed by atoms with Crippen molar-refractivity contribution in [3.05, 3.63) is 29.8 Å². The average molecular weight is 518 g/mol. The van der Waals surface area contributed by atoms with Crippen molar-refractivity contribution in [2.24, 2.45) is 0 Å². The number of hydrogen-bond donors (Lipinski definition) is 9. The number of hydrogen-bond acceptors (Lipinski definition) is 9. The van der Waals surface area contributed by atoms with Gasteiger partial charge in [0, 0.05) is 85.2 Å². The number of nitrogens with two attached hydrogens (primary N) is 1. The van der Waals surface area contributed by atoms with E-state index in [0.717, 1.165) is 85.6 Å². The van der Waals surface area contributed by atoms with Gasteiger partial charge in [-0.2, -0.15) is 0 Å². The number of rotatable bonds is 2. The Hall–Kier alpha value is -3.26. The number of carbonyl (C=O) groups is 4. The molecule has 1 fully saturated rings. The number of carboxylic acid groups (broad SMARTS) is 4. The first kappa shape index (κ1) is 37.3. The zero-order valence-corrected chi connectivity index (χ0v) is 21.5. The molecule has 1 aromatic rings. The smallest absolute Gasteiger partial charge is 0.300 e. The SMILES string of the molecule is CC(=O)O.CC(=O)O.CC(=O)O.CC(=O)O.Nc1ccc(C[C@H]2CNCCNCCNCCN2)cc1. The molecule has 1 aromatic carbocycles. The van der Waals surface area contributed by atoms with Crippen LogP contribution in [0, 0.1) is 0 Å². The highest BCUT2D eigenvalue weighted by Crippen LogP contribution is 2.07. The Morgan fingerprint density at radius 2 is 1.03 bits per heavy atom. The average Bonchev–Trinajstić information content (AvgIpc) is 2.70. The largest absolute Gasteiger partial charge is 0.481 e. The van der Waals surface area contributed by atoms with E-state index in [1.54, 1.807) is 0 Å². The summed E-state index contributed by atoms with van der Waals surface area (Å²) in [4.78, 5) is 36.0. The van der Waals surface area contributed by atoms with Crippen molar-refractivity contribution >= 4 is 29.6 Å². The van der Waals surface area contributed by atoms with Gasteiger partial charge in [0.1, 0.15) is 0 Å². The summed E-state index contributed by atoms with van der Waals surface area (Å²) in [5.41, 5.74) is 7.89. The second-order valence-electron chi connectivity index (χ2n) is 7.38. The predicted molar refractivity (Wildman–Crippen MR) is 138 cm³/mol. The van der Waals surface area contributed by atoms with Gasteiger partial charge in [0.05, 0.1) is 0 Å². The van der Waals surface area contributed by atoms with E-state index in [4.69, 9.17) is 45.3 Å². The van der Waals surface area contributed by atoms with E-state index < -0.39 is 23.9 Å². The van der Waals surface area contributed by atoms with Gasteiger partial charge >= 0.3 is 0 Å². The quantitative estimate of drug-likeness (QED) is 0.234. The summed E-state index contributed by atoms with van der Waals surface area (Å²) < 4.78 is 0. The van der Waals surface area contributed by atoms with E-state index in [2.05, 4.69) is 33.4 Å². The van der Waals surface area contributed by atoms with E-state index in [-0.39, 0.29) is 0 Å². The van der Waals surface area contributed by atoms with Crippen LogP contribution in [0.15, 0.2) is 24.3 Å². The monoisotopic (exact) mass is 517 g/mol. The third kappa shape index (κ3) is 44.4. The van der Waals surface area contributed by atoms with Gasteiger partial charge in [-0.05, 0) is 24.1 Å². The van der Waals surface area contributed by atoms with Gasteiger partial charge < -0.3 is 47.4 Å². The second-order valence-corrected chi connectivity index (χ2v) is 7.38. The van der Waals surface area contributed by atoms with Crippen LogP contribution in [0.3, 0.4) is 0 Å². The van der Waals surface area contributed by atoms with Gasteiger partial charge in [-0.15, -0.1) is 0 Å². The first-order valence-electron chi connectivity index (χ1n) is 11.3. The Morgan fingerprint density at radius 3 is 1.42 bits per heavy atom. The van der Waals surface area contributed by atoms with Gasteiger partial charge in [-0.1, -0.05) is 12.1 Å². The highest BCUT2D eigenvalue weighted by molar-refractivity contribution is 5.63. The highest BCUT2D eigenvalue weighted by atomic mass is 16.4. The molecular weight excluding hydrogens is 474 g/mol. The van der Waals surface area contributed by atoms with Crippen molar-refractivity contribution in [2.75, 3.05) is 51.5 Å². The number of aliphatic carboxylic acids is 4. The van der Waals surface area contributed by atoms with Gasteiger partial charge in [0.15, 0.2) is 0 Å². The molecular formula is C23H43N5O8. The lowest BCUT2D eigenvalue weighted by Crippen LogP contribution is -2.46. The molecule has 1 atom stereocenters. The zero-order chi connectivity index (χ0) is 28.4. The molecule has 1 saturated heterocycles. The number of carboxylic acids is 4. The Bertz CT molecular complexity index is 641. The minimum Gasteiger partial charge on any atom is -0.481 e. The maximum absolute atomic E-state index is 9.00. The van der Waals surface area contributed by atoms with Crippen LogP contribution in [0.5, 0.6) is 0 Å². The first-order chi connectivity index (χ1) is 16.8. The molecule has 2 rings (SSSR count). The van der Waals surface area contributed by atoms with Crippen LogP contribution in [-0.4, -0.2) is 96.2 Å². The summed E-state index contributed by atoms with van der Waals surface area (Å²) >= 11 is 0. The molecule has 0 bridgehead atoms. The number of benzene rings is 1. The number of anilines is 1. The molecule has 208 valence electrons. The topological polar surface area (TPSA) is 223 Å². The van der Waals surface area contributed by atoms with Crippen LogP contribution < -0.4 is 27.0 Å². The van der Waals surface area contributed by atoms with E-state index in [9.17, 15) is 0 Å². The molecule has 36 heavy (non-hydrogen) atoms. The lowest BCUT2D eigenvalue weighted by molar-refractivity contribution is -0.135. The predicted octanol–water partition coefficient (Wildman–Crippen LogP) is -0.0845. The summed E-state index contributed by atoms with van der Waals surface area (Å²) in [6.07, 6.45) is 1.03. The van der Waals surface area contributed by atoms with Gasteiger partial charge in [0.25, 0.3) is 23.9 Å². The van der Waals surface area contributed by atoms with E-state index in [0.29, 0.717) is 6.04 Å². The Morgan fingerprint density at radius 1 is 0.694 bits per heavy atom. The Kier molecular flexibility index (Phi) is 27.3. The van der Waals surface area contributed by atoms with Crippen molar-refractivity contribution in [3.63, 3.8) is 0 Å². The van der Waals surface area contributed by atoms with Crippen LogP contribution in [-0.2, 0) is 25.6 Å². The summed E-state index contributed by atoms with van der Waals surface area (Å²) in [6.45, 7) is 11.4. The summed E-state index contributed by atoms with van der Waals surface area (Å²) in [6, 6.07) is 8.65. The van der Waals surface area contributed by atoms with Crippen LogP contribution >= 0.6 is 0 Å². The molecule has 0 saturated carbocycles. The molecule has 10 N–H and O–H groups in total. The maximum Gasteiger partial charge on any atom is 0.300 e. The van der Waals surface area contributed by atoms with Crippen molar-refractivity contribution in [1.82, 2.24) is 21.3 Å². The zero-order valence-electron chi connectivity index (χ0n) is 21.5. The molecule has 0 amide bonds. The standard InChI is InChI=1S/C15H27N5.4C2H4O2/c16-14-3-1-13(2-4-14)11-15-12-19-8-7-17-5-6-18-9-10-20-15;4*1-2(3)4/h1-4,15,17-20H,5-12,16H2;4*1H3,(H,3,4)/t15-;;;;/m0..../s1. The molecule has 13 nitrogen and oxygen atoms in total. The molecule has 1 aliphatic heterocycles. The fraction of sp³-hybridized carbons (Fsp3) is 0.565. The summed E-state index contributed by atoms with van der Waals surface area (Å²) in [5.74, 6) is -3.33. The second kappa shape index (κ2) is 26.3. The maximum atomic E-state index is 9.00. The van der Waals surface area contributed by atoms with Gasteiger partial charge in [0.2, 0.25) is 0 Å². The molecule has 1 heterocycles. The fourth-order valence-corrected chi connectivity index (χ4v) is 2.40. The van der Waals surface area contributed by atoms with Crippen molar-refractivity contribution in [3.8, 4) is 0 Å². The Labute approximate surface area is 212 Å². The molecule has 13 heteroatoms. The van der Waals surface area contributed by atoms with Gasteiger partial charge in [-0.25, -0.2) is 0 Å². The molecule has 0 unspecified atom stereocenters. The minimum atomic E-state index is -0.833. The summed E-state index contributed by atoms with van der Waals surface area (Å²) in [5, 5.41) is 43.7. The minimum absolute atomic E-state index is 0.458. The fourth-order valence-electron chi connectivity index (χ4n) is 2.40. The van der Waals surface area contributed by atoms with Crippen molar-refractivity contribution in [2.45, 2.75) is 40.2 Å². The van der Waals surface area contributed by atoms with Crippen LogP contribution in [0.4, 0.5) is 5.69 Å². The third-order valence-electron chi connectivity index (χ3n) is 3.54. The molecule has 0 radical (unpaired) electrons. The first-order valence-corrected chi connectivity index (χ1v) is 11.3. The molecule has 0 aliphatic carbocycles. The van der Waals surface area contributed by atoms with Crippen molar-refractivity contribution < 1.29 is 39.6 Å². The number of nitrogen functional groups attached to an aromatic ring is 1. The lowest BCUT2D eigenvalue weighted by Gasteiger charge is -2.21. The van der Waals surface area contributed by atoms with Gasteiger partial charge in [-0.3, -0.25) is 19.2 Å². The molecule has 1 aliphatic rings. The lowest BCUT2D eigenvalue weighted by atomic mass is 10.1. The van der Waals surface area contributed by atoms with E-state index >= 15 is 0 Å². The highest BCUT2D eigenvalue weighted by Gasteiger charge is 2.09. The summed E-state index contributed by atoms with van der Waals surface area (Å²) in [7, 11) is 0. The van der Waals surface area contributed by atoms with Crippen LogP contribution in [0.1, 0.15) is 33.3 Å². The normalized spacial score (nSPS) is 15.4. The number of nitrogens with one attached hydrogen (secondary N) is 4. The van der Waals surface area contributed by atoms with Crippen LogP contribution in [0.25, 0.3) is 0 Å². The third-order valence-corrected chi connectivity index (χ3v) is 3.54. The molecule has 0 aromatic heterocycles. The molecule has 0 spiro atoms. The van der Waals surface area contributed by atoms with E-state index in [1.165, 1.54) is 5.56 Å².